The van der Waals surface area contributed by atoms with Crippen LogP contribution in [-0.4, -0.2) is 24.3 Å². The quantitative estimate of drug-likeness (QED) is 0.221. The number of halogens is 4. The molecule has 2 aromatic heterocycles. The number of fused-ring (bicyclic) bond motifs is 1. The van der Waals surface area contributed by atoms with Gasteiger partial charge in [0.2, 0.25) is 15.9 Å². The predicted octanol–water partition coefficient (Wildman–Crippen LogP) is 5.08. The van der Waals surface area contributed by atoms with Crippen LogP contribution in [0.2, 0.25) is 0 Å². The van der Waals surface area contributed by atoms with Crippen LogP contribution >= 0.6 is 0 Å². The molecule has 0 radical (unpaired) electrons. The first-order valence-electron chi connectivity index (χ1n) is 12.3. The number of hydrogen-bond donors (Lipinski definition) is 3. The smallest absolute Gasteiger partial charge is 0.240 e. The number of hydrogen-bond acceptors (Lipinski definition) is 4. The molecule has 1 amide bonds. The molecular weight excluding hydrogens is 560 g/mol. The van der Waals surface area contributed by atoms with E-state index in [9.17, 15) is 30.8 Å². The first-order valence-corrected chi connectivity index (χ1v) is 13.8. The lowest BCUT2D eigenvalue weighted by atomic mass is 9.95. The number of carbonyl (C=O) groups excluding carboxylic acids is 1. The van der Waals surface area contributed by atoms with Crippen LogP contribution in [-0.2, 0) is 27.7 Å². The monoisotopic (exact) mass is 582 g/mol. The molecule has 0 aliphatic rings. The van der Waals surface area contributed by atoms with Gasteiger partial charge in [0.25, 0.3) is 0 Å². The summed E-state index contributed by atoms with van der Waals surface area (Å²) in [5.74, 6) is -3.65. The first kappa shape index (κ1) is 28.0. The number of pyridine rings is 1. The summed E-state index contributed by atoms with van der Waals surface area (Å²) in [5, 5.41) is 8.53. The maximum Gasteiger partial charge on any atom is 0.240 e. The molecular formula is C29H22F4N4O3S. The minimum atomic E-state index is -4.40. The molecule has 2 heterocycles. The second kappa shape index (κ2) is 11.1. The topological polar surface area (TPSA) is 118 Å². The predicted molar refractivity (Wildman–Crippen MR) is 144 cm³/mol. The molecule has 0 saturated heterocycles. The van der Waals surface area contributed by atoms with Crippen molar-refractivity contribution < 1.29 is 30.8 Å². The van der Waals surface area contributed by atoms with Crippen molar-refractivity contribution in [2.24, 2.45) is 5.14 Å². The summed E-state index contributed by atoms with van der Waals surface area (Å²) in [7, 11) is -4.40. The van der Waals surface area contributed by atoms with Gasteiger partial charge in [0.15, 0.2) is 0 Å². The molecule has 5 rings (SSSR count). The number of carbonyl (C=O) groups is 1. The van der Waals surface area contributed by atoms with Crippen molar-refractivity contribution in [3.8, 4) is 11.1 Å². The van der Waals surface area contributed by atoms with Crippen molar-refractivity contribution in [1.82, 2.24) is 15.3 Å². The molecule has 1 unspecified atom stereocenters. The Hall–Kier alpha value is -4.55. The van der Waals surface area contributed by atoms with Crippen molar-refractivity contribution in [1.29, 1.82) is 0 Å². The number of benzene rings is 3. The highest BCUT2D eigenvalue weighted by molar-refractivity contribution is 7.89. The zero-order valence-corrected chi connectivity index (χ0v) is 22.0. The van der Waals surface area contributed by atoms with E-state index in [1.807, 2.05) is 0 Å². The number of nitrogens with two attached hydrogens (primary N) is 1. The van der Waals surface area contributed by atoms with Crippen molar-refractivity contribution >= 4 is 26.8 Å². The largest absolute Gasteiger partial charge is 0.361 e. The van der Waals surface area contributed by atoms with Gasteiger partial charge in [0, 0.05) is 34.9 Å². The maximum absolute atomic E-state index is 14.3. The van der Waals surface area contributed by atoms with E-state index >= 15 is 0 Å². The number of rotatable bonds is 8. The average Bonchev–Trinajstić information content (AvgIpc) is 3.29. The summed E-state index contributed by atoms with van der Waals surface area (Å²) in [6.45, 7) is 0. The summed E-state index contributed by atoms with van der Waals surface area (Å²) >= 11 is 0. The van der Waals surface area contributed by atoms with Crippen molar-refractivity contribution in [2.45, 2.75) is 23.8 Å². The standard InChI is InChI=1S/C29H22F4N4O3S/c30-19-4-6-25-23(14-19)18(15-36-25)12-28(38)37-26(10-16-8-20(31)13-21(32)9-16)29-22(2-1-7-35-29)17-3-5-24(33)27(11-17)41(34,39)40/h1-9,11,13-15,26,36H,10,12H2,(H,37,38)(H2,34,39,40). The summed E-state index contributed by atoms with van der Waals surface area (Å²) in [4.78, 5) is 19.9. The Morgan fingerprint density at radius 2 is 1.71 bits per heavy atom. The van der Waals surface area contributed by atoms with E-state index in [2.05, 4.69) is 15.3 Å². The highest BCUT2D eigenvalue weighted by Gasteiger charge is 2.24. The first-order chi connectivity index (χ1) is 19.5. The van der Waals surface area contributed by atoms with Crippen LogP contribution in [0.3, 0.4) is 0 Å². The third kappa shape index (κ3) is 6.28. The molecule has 0 fully saturated rings. The molecule has 1 atom stereocenters. The highest BCUT2D eigenvalue weighted by atomic mass is 32.2. The normalized spacial score (nSPS) is 12.4. The molecule has 0 bridgehead atoms. The molecule has 7 nitrogen and oxygen atoms in total. The van der Waals surface area contributed by atoms with Gasteiger partial charge in [-0.15, -0.1) is 0 Å². The summed E-state index contributed by atoms with van der Waals surface area (Å²) in [5.41, 5.74) is 2.15. The fraction of sp³-hybridized carbons (Fsp3) is 0.103. The fourth-order valence-corrected chi connectivity index (χ4v) is 5.36. The number of primary sulfonamides is 1. The van der Waals surface area contributed by atoms with Gasteiger partial charge in [-0.25, -0.2) is 31.1 Å². The third-order valence-corrected chi connectivity index (χ3v) is 7.42. The number of sulfonamides is 1. The van der Waals surface area contributed by atoms with Crippen LogP contribution < -0.4 is 10.5 Å². The molecule has 41 heavy (non-hydrogen) atoms. The third-order valence-electron chi connectivity index (χ3n) is 6.50. The lowest BCUT2D eigenvalue weighted by Crippen LogP contribution is -2.32. The maximum atomic E-state index is 14.3. The Balaban J connectivity index is 1.55. The average molecular weight is 583 g/mol. The van der Waals surface area contributed by atoms with Crippen LogP contribution in [0.25, 0.3) is 22.0 Å². The van der Waals surface area contributed by atoms with E-state index in [4.69, 9.17) is 5.14 Å². The van der Waals surface area contributed by atoms with E-state index in [1.165, 1.54) is 24.4 Å². The van der Waals surface area contributed by atoms with Crippen LogP contribution in [0.15, 0.2) is 84.0 Å². The number of amides is 1. The van der Waals surface area contributed by atoms with Crippen LogP contribution in [0, 0.1) is 23.3 Å². The minimum Gasteiger partial charge on any atom is -0.361 e. The lowest BCUT2D eigenvalue weighted by Gasteiger charge is -2.22. The van der Waals surface area contributed by atoms with Crippen molar-refractivity contribution in [3.05, 3.63) is 119 Å². The molecule has 0 spiro atoms. The number of nitrogens with one attached hydrogen (secondary N) is 2. The number of aromatic nitrogens is 2. The Morgan fingerprint density at radius 1 is 0.951 bits per heavy atom. The van der Waals surface area contributed by atoms with E-state index < -0.39 is 50.1 Å². The SMILES string of the molecule is NS(=O)(=O)c1cc(-c2cccnc2C(Cc2cc(F)cc(F)c2)NC(=O)Cc2c[nH]c3ccc(F)cc23)ccc1F. The summed E-state index contributed by atoms with van der Waals surface area (Å²) < 4.78 is 80.1. The van der Waals surface area contributed by atoms with Crippen LogP contribution in [0.1, 0.15) is 22.9 Å². The van der Waals surface area contributed by atoms with E-state index in [-0.39, 0.29) is 29.7 Å². The van der Waals surface area contributed by atoms with Gasteiger partial charge in [0.05, 0.1) is 18.2 Å². The van der Waals surface area contributed by atoms with Crippen LogP contribution in [0.5, 0.6) is 0 Å². The molecule has 5 aromatic rings. The van der Waals surface area contributed by atoms with Gasteiger partial charge < -0.3 is 10.3 Å². The molecule has 3 aromatic carbocycles. The van der Waals surface area contributed by atoms with Crippen LogP contribution in [0.4, 0.5) is 17.6 Å². The lowest BCUT2D eigenvalue weighted by molar-refractivity contribution is -0.121. The zero-order valence-electron chi connectivity index (χ0n) is 21.2. The van der Waals surface area contributed by atoms with Gasteiger partial charge in [-0.1, -0.05) is 12.1 Å². The number of H-pyrrole nitrogens is 1. The van der Waals surface area contributed by atoms with Crippen molar-refractivity contribution in [3.63, 3.8) is 0 Å². The highest BCUT2D eigenvalue weighted by Crippen LogP contribution is 2.31. The summed E-state index contributed by atoms with van der Waals surface area (Å²) in [6.07, 6.45) is 2.75. The minimum absolute atomic E-state index is 0.101. The number of nitrogens with zero attached hydrogens (tertiary/aromatic N) is 1. The van der Waals surface area contributed by atoms with Gasteiger partial charge in [0.1, 0.15) is 28.2 Å². The summed E-state index contributed by atoms with van der Waals surface area (Å²) in [6, 6.07) is 12.6. The Morgan fingerprint density at radius 3 is 2.44 bits per heavy atom. The molecule has 0 saturated carbocycles. The van der Waals surface area contributed by atoms with E-state index in [0.29, 0.717) is 28.1 Å². The Bertz CT molecular complexity index is 1870. The molecule has 0 aliphatic carbocycles. The van der Waals surface area contributed by atoms with Gasteiger partial charge in [-0.05, 0) is 71.6 Å². The fourth-order valence-electron chi connectivity index (χ4n) is 4.72. The van der Waals surface area contributed by atoms with E-state index in [1.54, 1.807) is 24.4 Å². The second-order valence-electron chi connectivity index (χ2n) is 9.41. The van der Waals surface area contributed by atoms with Gasteiger partial charge in [-0.2, -0.15) is 0 Å². The Kier molecular flexibility index (Phi) is 7.61. The Labute approximate surface area is 232 Å². The second-order valence-corrected chi connectivity index (χ2v) is 10.9. The van der Waals surface area contributed by atoms with Crippen molar-refractivity contribution in [2.75, 3.05) is 0 Å². The zero-order chi connectivity index (χ0) is 29.3. The molecule has 12 heteroatoms. The van der Waals surface area contributed by atoms with Gasteiger partial charge >= 0.3 is 0 Å². The molecule has 210 valence electrons. The number of aromatic amines is 1. The van der Waals surface area contributed by atoms with Gasteiger partial charge in [-0.3, -0.25) is 9.78 Å². The molecule has 4 N–H and O–H groups in total. The molecule has 0 aliphatic heterocycles. The van der Waals surface area contributed by atoms with E-state index in [0.717, 1.165) is 24.3 Å².